The molecule has 0 heterocycles. The fourth-order valence-electron chi connectivity index (χ4n) is 4.96. The molecule has 0 aliphatic rings. The Balaban J connectivity index is 1.67. The molecule has 1 amide bonds. The molecule has 41 heavy (non-hydrogen) atoms. The molecule has 0 aromatic heterocycles. The average molecular weight is 567 g/mol. The van der Waals surface area contributed by atoms with Gasteiger partial charge in [0, 0.05) is 25.2 Å². The quantitative estimate of drug-likeness (QED) is 0.179. The average Bonchev–Trinajstić information content (AvgIpc) is 3.00. The standard InChI is InChI=1S/C35H38N2O3S/c1-26-12-10-11-17-30(26)32-22-29(18-19-31(32)34(38)36-33(20-21-41-3)35(39)40-2)25-37(23-27-13-6-4-7-14-27)24-28-15-8-5-9-16-28/h4-19,22,33H,20-21,23-25H2,1-3H3,(H,36,38). The number of nitrogens with zero attached hydrogens (tertiary/aromatic N) is 1. The number of esters is 1. The van der Waals surface area contributed by atoms with Crippen molar-refractivity contribution >= 4 is 23.6 Å². The lowest BCUT2D eigenvalue weighted by molar-refractivity contribution is -0.142. The minimum atomic E-state index is -0.698. The van der Waals surface area contributed by atoms with Crippen molar-refractivity contribution in [3.63, 3.8) is 0 Å². The lowest BCUT2D eigenvalue weighted by Crippen LogP contribution is -2.42. The van der Waals surface area contributed by atoms with Gasteiger partial charge in [0.25, 0.3) is 5.91 Å². The van der Waals surface area contributed by atoms with Gasteiger partial charge in [-0.2, -0.15) is 11.8 Å². The van der Waals surface area contributed by atoms with E-state index in [4.69, 9.17) is 4.74 Å². The van der Waals surface area contributed by atoms with E-state index in [0.29, 0.717) is 18.5 Å². The maximum atomic E-state index is 13.6. The Labute approximate surface area is 247 Å². The predicted octanol–water partition coefficient (Wildman–Crippen LogP) is 6.89. The van der Waals surface area contributed by atoms with Crippen molar-refractivity contribution in [2.45, 2.75) is 39.0 Å². The van der Waals surface area contributed by atoms with Gasteiger partial charge in [0.15, 0.2) is 0 Å². The lowest BCUT2D eigenvalue weighted by atomic mass is 9.93. The van der Waals surface area contributed by atoms with Crippen LogP contribution in [0, 0.1) is 6.92 Å². The molecule has 6 heteroatoms. The monoisotopic (exact) mass is 566 g/mol. The van der Waals surface area contributed by atoms with Crippen molar-refractivity contribution in [1.29, 1.82) is 0 Å². The zero-order chi connectivity index (χ0) is 29.0. The van der Waals surface area contributed by atoms with E-state index in [-0.39, 0.29) is 5.91 Å². The Morgan fingerprint density at radius 3 is 1.95 bits per heavy atom. The number of hydrogen-bond donors (Lipinski definition) is 1. The van der Waals surface area contributed by atoms with Crippen molar-refractivity contribution in [3.8, 4) is 11.1 Å². The Morgan fingerprint density at radius 2 is 1.37 bits per heavy atom. The van der Waals surface area contributed by atoms with E-state index in [0.717, 1.165) is 41.1 Å². The molecule has 0 aliphatic carbocycles. The molecule has 1 atom stereocenters. The Kier molecular flexibility index (Phi) is 11.2. The number of benzene rings is 4. The number of ether oxygens (including phenoxy) is 1. The van der Waals surface area contributed by atoms with Crippen LogP contribution >= 0.6 is 11.8 Å². The van der Waals surface area contributed by atoms with Crippen LogP contribution in [0.15, 0.2) is 103 Å². The molecular formula is C35H38N2O3S. The summed E-state index contributed by atoms with van der Waals surface area (Å²) in [5.41, 5.74) is 7.07. The highest BCUT2D eigenvalue weighted by molar-refractivity contribution is 7.98. The summed E-state index contributed by atoms with van der Waals surface area (Å²) >= 11 is 1.63. The van der Waals surface area contributed by atoms with Gasteiger partial charge in [0.1, 0.15) is 6.04 Å². The predicted molar refractivity (Wildman–Crippen MR) is 169 cm³/mol. The highest BCUT2D eigenvalue weighted by Crippen LogP contribution is 2.29. The molecule has 1 N–H and O–H groups in total. The van der Waals surface area contributed by atoms with Crippen LogP contribution in [0.25, 0.3) is 11.1 Å². The summed E-state index contributed by atoms with van der Waals surface area (Å²) < 4.78 is 4.97. The largest absolute Gasteiger partial charge is 0.467 e. The first-order chi connectivity index (χ1) is 20.0. The number of rotatable bonds is 13. The van der Waals surface area contributed by atoms with E-state index in [2.05, 4.69) is 77.8 Å². The van der Waals surface area contributed by atoms with Gasteiger partial charge < -0.3 is 10.1 Å². The Bertz CT molecular complexity index is 1380. The highest BCUT2D eigenvalue weighted by atomic mass is 32.2. The van der Waals surface area contributed by atoms with Crippen LogP contribution in [0.4, 0.5) is 0 Å². The topological polar surface area (TPSA) is 58.6 Å². The number of thioether (sulfide) groups is 1. The second-order valence-corrected chi connectivity index (χ2v) is 11.1. The smallest absolute Gasteiger partial charge is 0.328 e. The molecule has 0 fully saturated rings. The molecule has 4 rings (SSSR count). The van der Waals surface area contributed by atoms with Crippen LogP contribution in [0.3, 0.4) is 0 Å². The maximum absolute atomic E-state index is 13.6. The summed E-state index contributed by atoms with van der Waals surface area (Å²) in [5.74, 6) is 0.0260. The van der Waals surface area contributed by atoms with E-state index in [1.165, 1.54) is 18.2 Å². The molecule has 0 bridgehead atoms. The van der Waals surface area contributed by atoms with Crippen molar-refractivity contribution < 1.29 is 14.3 Å². The molecule has 5 nitrogen and oxygen atoms in total. The summed E-state index contributed by atoms with van der Waals surface area (Å²) in [4.78, 5) is 28.5. The minimum Gasteiger partial charge on any atom is -0.467 e. The highest BCUT2D eigenvalue weighted by Gasteiger charge is 2.24. The van der Waals surface area contributed by atoms with Gasteiger partial charge in [0.2, 0.25) is 0 Å². The fourth-order valence-corrected chi connectivity index (χ4v) is 5.43. The number of carbonyl (C=O) groups excluding carboxylic acids is 2. The van der Waals surface area contributed by atoms with Gasteiger partial charge in [-0.05, 0) is 70.9 Å². The van der Waals surface area contributed by atoms with E-state index >= 15 is 0 Å². The third kappa shape index (κ3) is 8.56. The maximum Gasteiger partial charge on any atom is 0.328 e. The van der Waals surface area contributed by atoms with Gasteiger partial charge in [-0.25, -0.2) is 4.79 Å². The summed E-state index contributed by atoms with van der Waals surface area (Å²) in [6, 6.07) is 34.4. The summed E-state index contributed by atoms with van der Waals surface area (Å²) in [5, 5.41) is 2.94. The van der Waals surface area contributed by atoms with Crippen molar-refractivity contribution in [2.24, 2.45) is 0 Å². The zero-order valence-corrected chi connectivity index (χ0v) is 24.8. The van der Waals surface area contributed by atoms with Gasteiger partial charge in [-0.3, -0.25) is 9.69 Å². The molecule has 1 unspecified atom stereocenters. The normalized spacial score (nSPS) is 11.7. The number of aryl methyl sites for hydroxylation is 1. The first-order valence-corrected chi connectivity index (χ1v) is 15.2. The molecule has 0 aliphatic heterocycles. The first kappa shape index (κ1) is 30.1. The molecule has 4 aromatic rings. The van der Waals surface area contributed by atoms with Gasteiger partial charge >= 0.3 is 5.97 Å². The first-order valence-electron chi connectivity index (χ1n) is 13.8. The van der Waals surface area contributed by atoms with Crippen LogP contribution in [0.5, 0.6) is 0 Å². The van der Waals surface area contributed by atoms with Crippen molar-refractivity contribution in [2.75, 3.05) is 19.1 Å². The fraction of sp³-hybridized carbons (Fsp3) is 0.257. The summed E-state index contributed by atoms with van der Waals surface area (Å²) in [7, 11) is 1.35. The third-order valence-electron chi connectivity index (χ3n) is 7.07. The van der Waals surface area contributed by atoms with E-state index < -0.39 is 12.0 Å². The van der Waals surface area contributed by atoms with E-state index in [9.17, 15) is 9.59 Å². The molecule has 0 radical (unpaired) electrons. The molecule has 0 saturated carbocycles. The van der Waals surface area contributed by atoms with Crippen molar-refractivity contribution in [1.82, 2.24) is 10.2 Å². The van der Waals surface area contributed by atoms with Gasteiger partial charge in [-0.1, -0.05) is 91.0 Å². The van der Waals surface area contributed by atoms with Crippen LogP contribution in [0.1, 0.15) is 39.0 Å². The van der Waals surface area contributed by atoms with Crippen molar-refractivity contribution in [3.05, 3.63) is 131 Å². The van der Waals surface area contributed by atoms with Crippen LogP contribution in [-0.2, 0) is 29.2 Å². The lowest BCUT2D eigenvalue weighted by Gasteiger charge is -2.24. The van der Waals surface area contributed by atoms with Crippen LogP contribution < -0.4 is 5.32 Å². The van der Waals surface area contributed by atoms with Crippen LogP contribution in [0.2, 0.25) is 0 Å². The van der Waals surface area contributed by atoms with E-state index in [1.54, 1.807) is 11.8 Å². The zero-order valence-electron chi connectivity index (χ0n) is 24.0. The number of carbonyl (C=O) groups is 2. The Morgan fingerprint density at radius 1 is 0.780 bits per heavy atom. The minimum absolute atomic E-state index is 0.281. The summed E-state index contributed by atoms with van der Waals surface area (Å²) in [6.45, 7) is 4.36. The molecular weight excluding hydrogens is 528 g/mol. The number of amides is 1. The van der Waals surface area contributed by atoms with E-state index in [1.807, 2.05) is 48.7 Å². The molecule has 4 aromatic carbocycles. The Hall–Kier alpha value is -3.87. The number of hydrogen-bond acceptors (Lipinski definition) is 5. The SMILES string of the molecule is COC(=O)C(CCSC)NC(=O)c1ccc(CN(Cc2ccccc2)Cc2ccccc2)cc1-c1ccccc1C. The number of nitrogens with one attached hydrogen (secondary N) is 1. The van der Waals surface area contributed by atoms with Gasteiger partial charge in [0.05, 0.1) is 7.11 Å². The molecule has 0 saturated heterocycles. The second-order valence-electron chi connectivity index (χ2n) is 10.1. The molecule has 212 valence electrons. The van der Waals surface area contributed by atoms with Crippen LogP contribution in [-0.4, -0.2) is 41.9 Å². The van der Waals surface area contributed by atoms with Gasteiger partial charge in [-0.15, -0.1) is 0 Å². The third-order valence-corrected chi connectivity index (χ3v) is 7.71. The number of methoxy groups -OCH3 is 1. The second kappa shape index (κ2) is 15.2. The molecule has 0 spiro atoms. The summed E-state index contributed by atoms with van der Waals surface area (Å²) in [6.07, 6.45) is 2.48.